The molecule has 0 saturated carbocycles. The van der Waals surface area contributed by atoms with E-state index in [1.807, 2.05) is 0 Å². The molecule has 0 N–H and O–H groups in total. The zero-order valence-corrected chi connectivity index (χ0v) is 34.6. The fourth-order valence-corrected chi connectivity index (χ4v) is 10.9. The molecule has 1 aliphatic rings. The van der Waals surface area contributed by atoms with E-state index in [9.17, 15) is 0 Å². The number of hydrogen-bond donors (Lipinski definition) is 0. The summed E-state index contributed by atoms with van der Waals surface area (Å²) in [6, 6.07) is 67.2. The molecule has 1 aliphatic heterocycles. The minimum Gasteiger partial charge on any atom is -0.456 e. The molecule has 0 aliphatic carbocycles. The Morgan fingerprint density at radius 1 is 0.525 bits per heavy atom. The molecule has 2 aromatic heterocycles. The highest BCUT2D eigenvalue weighted by molar-refractivity contribution is 6.24. The van der Waals surface area contributed by atoms with Crippen LogP contribution in [0.5, 0.6) is 0 Å². The van der Waals surface area contributed by atoms with Gasteiger partial charge in [-0.1, -0.05) is 154 Å². The van der Waals surface area contributed by atoms with Crippen molar-refractivity contribution < 1.29 is 4.42 Å². The van der Waals surface area contributed by atoms with Crippen molar-refractivity contribution in [3.05, 3.63) is 199 Å². The topological polar surface area (TPSA) is 30.4 Å². The molecule has 0 spiro atoms. The van der Waals surface area contributed by atoms with Crippen LogP contribution in [0.1, 0.15) is 61.8 Å². The van der Waals surface area contributed by atoms with Gasteiger partial charge in [-0.3, -0.25) is 4.99 Å². The van der Waals surface area contributed by atoms with E-state index in [2.05, 4.69) is 200 Å². The van der Waals surface area contributed by atoms with Gasteiger partial charge in [0, 0.05) is 32.8 Å². The molecule has 61 heavy (non-hydrogen) atoms. The number of hydrogen-bond acceptors (Lipinski definition) is 2. The second kappa shape index (κ2) is 14.3. The van der Waals surface area contributed by atoms with E-state index in [-0.39, 0.29) is 12.0 Å². The number of benzene rings is 9. The molecular weight excluding hydrogens is 741 g/mol. The van der Waals surface area contributed by atoms with Gasteiger partial charge in [-0.05, 0) is 123 Å². The van der Waals surface area contributed by atoms with Crippen LogP contribution in [0.3, 0.4) is 0 Å². The van der Waals surface area contributed by atoms with Crippen LogP contribution in [0.2, 0.25) is 0 Å². The predicted molar refractivity (Wildman–Crippen MR) is 258 cm³/mol. The second-order valence-corrected chi connectivity index (χ2v) is 17.3. The van der Waals surface area contributed by atoms with Gasteiger partial charge in [0.25, 0.3) is 0 Å². The van der Waals surface area contributed by atoms with Crippen LogP contribution in [0.4, 0.5) is 0 Å². The Balaban J connectivity index is 1.23. The molecule has 0 fully saturated rings. The van der Waals surface area contributed by atoms with E-state index < -0.39 is 0 Å². The van der Waals surface area contributed by atoms with Crippen molar-refractivity contribution in [2.24, 2.45) is 16.8 Å². The van der Waals surface area contributed by atoms with Crippen molar-refractivity contribution in [2.45, 2.75) is 45.1 Å². The van der Waals surface area contributed by atoms with Gasteiger partial charge >= 0.3 is 0 Å². The Kier molecular flexibility index (Phi) is 8.45. The first-order valence-corrected chi connectivity index (χ1v) is 22.0. The van der Waals surface area contributed by atoms with E-state index in [0.29, 0.717) is 11.8 Å². The van der Waals surface area contributed by atoms with Crippen molar-refractivity contribution in [3.63, 3.8) is 0 Å². The fraction of sp³-hybridized carbons (Fsp3) is 0.155. The second-order valence-electron chi connectivity index (χ2n) is 17.3. The zero-order chi connectivity index (χ0) is 40.6. The van der Waals surface area contributed by atoms with Crippen molar-refractivity contribution in [1.82, 2.24) is 4.57 Å². The monoisotopic (exact) mass is 786 g/mol. The van der Waals surface area contributed by atoms with Crippen LogP contribution < -0.4 is 0 Å². The van der Waals surface area contributed by atoms with E-state index in [0.717, 1.165) is 52.6 Å². The molecule has 4 atom stereocenters. The van der Waals surface area contributed by atoms with E-state index in [4.69, 9.17) is 9.41 Å². The fourth-order valence-electron chi connectivity index (χ4n) is 10.9. The lowest BCUT2D eigenvalue weighted by Crippen LogP contribution is -2.27. The average molecular weight is 787 g/mol. The van der Waals surface area contributed by atoms with Crippen molar-refractivity contribution >= 4 is 81.8 Å². The van der Waals surface area contributed by atoms with Crippen LogP contribution in [-0.2, 0) is 0 Å². The maximum absolute atomic E-state index is 6.91. The van der Waals surface area contributed by atoms with Crippen LogP contribution in [0.25, 0.3) is 81.7 Å². The maximum Gasteiger partial charge on any atom is 0.136 e. The minimum absolute atomic E-state index is 0.0395. The first-order valence-electron chi connectivity index (χ1n) is 22.0. The lowest BCUT2D eigenvalue weighted by Gasteiger charge is -2.36. The molecule has 3 heteroatoms. The third kappa shape index (κ3) is 5.82. The van der Waals surface area contributed by atoms with Gasteiger partial charge in [0.05, 0.1) is 22.8 Å². The standard InChI is InChI=1S/C58H46N2O/c1-3-45-46(37-16-6-4-7-17-37)27-26-36(2)57(59-58(45)38-18-8-5-9-19-38)56-50(28-29-53-55(56)49-32-41-22-12-15-25-44(41)35-54(49)61-53)60-51-33-42-23-13-10-20-39(42)30-47(51)48-31-40-21-11-14-24-43(40)34-52(48)60/h4-25,28-36,45-46,58H,3,26-27H2,1-2H3/b59-57+/t36?,45-,46?,58?/m0/s1. The van der Waals surface area contributed by atoms with Crippen molar-refractivity contribution in [3.8, 4) is 5.69 Å². The SMILES string of the molecule is CC[C@H]1C(c2ccccc2)CCC(C)/C(c2c(-n3c4cc5ccccc5cc4c4cc5ccccc5cc43)ccc3oc4cc5ccccc5cc4c23)=N\C1c1ccccc1. The first kappa shape index (κ1) is 35.9. The lowest BCUT2D eigenvalue weighted by atomic mass is 9.72. The third-order valence-electron chi connectivity index (χ3n) is 13.9. The normalized spacial score (nSPS) is 19.5. The third-order valence-corrected chi connectivity index (χ3v) is 13.9. The van der Waals surface area contributed by atoms with Crippen LogP contribution in [0, 0.1) is 11.8 Å². The van der Waals surface area contributed by atoms with Gasteiger partial charge in [0.2, 0.25) is 0 Å². The van der Waals surface area contributed by atoms with Crippen LogP contribution in [0.15, 0.2) is 191 Å². The summed E-state index contributed by atoms with van der Waals surface area (Å²) in [5.41, 5.74) is 10.3. The number of rotatable bonds is 5. The molecule has 9 aromatic carbocycles. The Labute approximate surface area is 355 Å². The zero-order valence-electron chi connectivity index (χ0n) is 34.6. The number of aromatic nitrogens is 1. The summed E-state index contributed by atoms with van der Waals surface area (Å²) in [5.74, 6) is 0.866. The highest BCUT2D eigenvalue weighted by Crippen LogP contribution is 2.48. The molecular formula is C58H46N2O. The van der Waals surface area contributed by atoms with E-state index in [1.165, 1.54) is 70.8 Å². The first-order chi connectivity index (χ1) is 30.1. The maximum atomic E-state index is 6.91. The Morgan fingerprint density at radius 2 is 1.03 bits per heavy atom. The van der Waals surface area contributed by atoms with Gasteiger partial charge in [-0.25, -0.2) is 0 Å². The molecule has 12 rings (SSSR count). The summed E-state index contributed by atoms with van der Waals surface area (Å²) >= 11 is 0. The highest BCUT2D eigenvalue weighted by Gasteiger charge is 2.36. The molecule has 0 radical (unpaired) electrons. The summed E-state index contributed by atoms with van der Waals surface area (Å²) in [5, 5.41) is 12.1. The Bertz CT molecular complexity index is 3410. The van der Waals surface area contributed by atoms with Crippen molar-refractivity contribution in [2.75, 3.05) is 0 Å². The van der Waals surface area contributed by atoms with Crippen molar-refractivity contribution in [1.29, 1.82) is 0 Å². The molecule has 294 valence electrons. The van der Waals surface area contributed by atoms with Crippen LogP contribution in [-0.4, -0.2) is 10.3 Å². The molecule has 0 bridgehead atoms. The average Bonchev–Trinajstić information content (AvgIpc) is 3.82. The summed E-state index contributed by atoms with van der Waals surface area (Å²) in [7, 11) is 0. The lowest BCUT2D eigenvalue weighted by molar-refractivity contribution is 0.311. The number of nitrogens with zero attached hydrogens (tertiary/aromatic N) is 2. The number of furan rings is 1. The quantitative estimate of drug-likeness (QED) is 0.171. The van der Waals surface area contributed by atoms with Gasteiger partial charge in [-0.2, -0.15) is 0 Å². The molecule has 0 saturated heterocycles. The van der Waals surface area contributed by atoms with Gasteiger partial charge < -0.3 is 8.98 Å². The highest BCUT2D eigenvalue weighted by atomic mass is 16.3. The molecule has 3 unspecified atom stereocenters. The predicted octanol–water partition coefficient (Wildman–Crippen LogP) is 15.9. The van der Waals surface area contributed by atoms with Gasteiger partial charge in [-0.15, -0.1) is 0 Å². The van der Waals surface area contributed by atoms with Gasteiger partial charge in [0.15, 0.2) is 0 Å². The van der Waals surface area contributed by atoms with E-state index >= 15 is 0 Å². The smallest absolute Gasteiger partial charge is 0.136 e. The summed E-state index contributed by atoms with van der Waals surface area (Å²) < 4.78 is 9.46. The largest absolute Gasteiger partial charge is 0.456 e. The minimum atomic E-state index is -0.0395. The number of fused-ring (bicyclic) bond motifs is 9. The van der Waals surface area contributed by atoms with Gasteiger partial charge in [0.1, 0.15) is 11.2 Å². The number of aliphatic imine (C=N–C) groups is 1. The molecule has 11 aromatic rings. The molecule has 3 nitrogen and oxygen atoms in total. The molecule has 0 amide bonds. The van der Waals surface area contributed by atoms with Crippen LogP contribution >= 0.6 is 0 Å². The Hall–Kier alpha value is -6.97. The van der Waals surface area contributed by atoms with E-state index in [1.54, 1.807) is 0 Å². The summed E-state index contributed by atoms with van der Waals surface area (Å²) in [6.07, 6.45) is 3.13. The summed E-state index contributed by atoms with van der Waals surface area (Å²) in [4.78, 5) is 6.18. The summed E-state index contributed by atoms with van der Waals surface area (Å²) in [6.45, 7) is 4.78. The Morgan fingerprint density at radius 3 is 1.61 bits per heavy atom. The molecule has 3 heterocycles.